The second kappa shape index (κ2) is 7.30. The molecule has 1 aromatic carbocycles. The van der Waals surface area contributed by atoms with Gasteiger partial charge in [0.2, 0.25) is 0 Å². The highest BCUT2D eigenvalue weighted by Crippen LogP contribution is 2.21. The van der Waals surface area contributed by atoms with Gasteiger partial charge in [-0.25, -0.2) is 0 Å². The second-order valence-corrected chi connectivity index (χ2v) is 4.36. The molecule has 2 unspecified atom stereocenters. The molecule has 0 aliphatic heterocycles. The van der Waals surface area contributed by atoms with Crippen molar-refractivity contribution in [3.05, 3.63) is 29.8 Å². The highest BCUT2D eigenvalue weighted by Gasteiger charge is 2.12. The predicted octanol–water partition coefficient (Wildman–Crippen LogP) is 2.51. The summed E-state index contributed by atoms with van der Waals surface area (Å²) in [6, 6.07) is 8.53. The zero-order valence-electron chi connectivity index (χ0n) is 10.9. The lowest BCUT2D eigenvalue weighted by molar-refractivity contribution is 0.238. The number of hydrogen-bond acceptors (Lipinski definition) is 3. The highest BCUT2D eigenvalue weighted by atomic mass is 16.5. The molecule has 96 valence electrons. The molecular formula is C14H23NO2. The zero-order valence-corrected chi connectivity index (χ0v) is 10.9. The van der Waals surface area contributed by atoms with Gasteiger partial charge < -0.3 is 15.2 Å². The van der Waals surface area contributed by atoms with E-state index >= 15 is 0 Å². The molecule has 0 aliphatic rings. The van der Waals surface area contributed by atoms with Crippen molar-refractivity contribution in [3.63, 3.8) is 0 Å². The quantitative estimate of drug-likeness (QED) is 0.765. The van der Waals surface area contributed by atoms with Gasteiger partial charge in [0.05, 0.1) is 13.7 Å². The Hall–Kier alpha value is -1.06. The van der Waals surface area contributed by atoms with Crippen LogP contribution in [0.4, 0.5) is 0 Å². The van der Waals surface area contributed by atoms with Crippen molar-refractivity contribution in [2.24, 2.45) is 0 Å². The van der Waals surface area contributed by atoms with Crippen LogP contribution >= 0.6 is 0 Å². The summed E-state index contributed by atoms with van der Waals surface area (Å²) in [7, 11) is 1.67. The molecule has 0 radical (unpaired) electrons. The molecule has 1 aromatic rings. The lowest BCUT2D eigenvalue weighted by Gasteiger charge is -2.22. The minimum absolute atomic E-state index is 0.119. The molecule has 0 saturated heterocycles. The molecule has 3 nitrogen and oxygen atoms in total. The lowest BCUT2D eigenvalue weighted by atomic mass is 10.0. The third-order valence-corrected chi connectivity index (χ3v) is 2.86. The average Bonchev–Trinajstić information content (AvgIpc) is 2.38. The van der Waals surface area contributed by atoms with Crippen LogP contribution in [-0.4, -0.2) is 24.9 Å². The highest BCUT2D eigenvalue weighted by molar-refractivity contribution is 5.29. The summed E-state index contributed by atoms with van der Waals surface area (Å²) in [5.74, 6) is 0.874. The Balaban J connectivity index is 2.73. The molecule has 2 atom stereocenters. The Bertz CT molecular complexity index is 311. The maximum Gasteiger partial charge on any atom is 0.118 e. The maximum absolute atomic E-state index is 9.10. The van der Waals surface area contributed by atoms with Crippen LogP contribution in [0.3, 0.4) is 0 Å². The Kier molecular flexibility index (Phi) is 6.01. The molecule has 1 rings (SSSR count). The summed E-state index contributed by atoms with van der Waals surface area (Å²) < 4.78 is 5.15. The van der Waals surface area contributed by atoms with Gasteiger partial charge in [0, 0.05) is 12.1 Å². The van der Waals surface area contributed by atoms with Gasteiger partial charge in [-0.15, -0.1) is 0 Å². The lowest BCUT2D eigenvalue weighted by Crippen LogP contribution is -2.33. The van der Waals surface area contributed by atoms with E-state index in [0.717, 1.165) is 18.6 Å². The van der Waals surface area contributed by atoms with Crippen LogP contribution in [-0.2, 0) is 0 Å². The molecule has 0 saturated carbocycles. The van der Waals surface area contributed by atoms with Gasteiger partial charge in [-0.3, -0.25) is 0 Å². The van der Waals surface area contributed by atoms with Crippen LogP contribution in [0, 0.1) is 0 Å². The van der Waals surface area contributed by atoms with Gasteiger partial charge in [-0.1, -0.05) is 25.5 Å². The molecule has 0 aromatic heterocycles. The van der Waals surface area contributed by atoms with Gasteiger partial charge in [-0.05, 0) is 31.0 Å². The second-order valence-electron chi connectivity index (χ2n) is 4.36. The number of aliphatic hydroxyl groups is 1. The number of benzene rings is 1. The largest absolute Gasteiger partial charge is 0.497 e. The van der Waals surface area contributed by atoms with Gasteiger partial charge in [0.1, 0.15) is 5.75 Å². The van der Waals surface area contributed by atoms with E-state index in [1.807, 2.05) is 19.1 Å². The van der Waals surface area contributed by atoms with Crippen molar-refractivity contribution in [1.82, 2.24) is 5.32 Å². The van der Waals surface area contributed by atoms with Crippen molar-refractivity contribution in [2.75, 3.05) is 13.7 Å². The molecule has 0 spiro atoms. The van der Waals surface area contributed by atoms with Crippen LogP contribution in [0.25, 0.3) is 0 Å². The number of rotatable bonds is 7. The predicted molar refractivity (Wildman–Crippen MR) is 70.3 cm³/mol. The summed E-state index contributed by atoms with van der Waals surface area (Å²) in [6.07, 6.45) is 2.18. The van der Waals surface area contributed by atoms with Gasteiger partial charge in [0.25, 0.3) is 0 Å². The smallest absolute Gasteiger partial charge is 0.118 e. The monoisotopic (exact) mass is 237 g/mol. The molecule has 0 amide bonds. The van der Waals surface area contributed by atoms with E-state index in [1.165, 1.54) is 5.56 Å². The minimum atomic E-state index is 0.119. The van der Waals surface area contributed by atoms with E-state index in [2.05, 4.69) is 24.4 Å². The fraction of sp³-hybridized carbons (Fsp3) is 0.571. The SMILES string of the molecule is CCCC(NC(C)CO)c1ccc(OC)cc1. The fourth-order valence-corrected chi connectivity index (χ4v) is 1.87. The maximum atomic E-state index is 9.10. The molecule has 17 heavy (non-hydrogen) atoms. The van der Waals surface area contributed by atoms with Crippen LogP contribution < -0.4 is 10.1 Å². The van der Waals surface area contributed by atoms with Crippen molar-refractivity contribution in [1.29, 1.82) is 0 Å². The van der Waals surface area contributed by atoms with Crippen LogP contribution in [0.5, 0.6) is 5.75 Å². The van der Waals surface area contributed by atoms with Crippen LogP contribution in [0.2, 0.25) is 0 Å². The molecule has 0 bridgehead atoms. The Morgan fingerprint density at radius 2 is 1.94 bits per heavy atom. The van der Waals surface area contributed by atoms with Gasteiger partial charge >= 0.3 is 0 Å². The summed E-state index contributed by atoms with van der Waals surface area (Å²) >= 11 is 0. The van der Waals surface area contributed by atoms with Crippen LogP contribution in [0.1, 0.15) is 38.3 Å². The van der Waals surface area contributed by atoms with E-state index < -0.39 is 0 Å². The summed E-state index contributed by atoms with van der Waals surface area (Å²) in [6.45, 7) is 4.32. The first-order valence-corrected chi connectivity index (χ1v) is 6.22. The number of nitrogens with one attached hydrogen (secondary N) is 1. The molecular weight excluding hydrogens is 214 g/mol. The number of ether oxygens (including phenoxy) is 1. The van der Waals surface area contributed by atoms with E-state index in [9.17, 15) is 0 Å². The summed E-state index contributed by atoms with van der Waals surface area (Å²) in [5.41, 5.74) is 1.24. The Labute approximate surface area is 104 Å². The first-order chi connectivity index (χ1) is 8.21. The molecule has 2 N–H and O–H groups in total. The van der Waals surface area contributed by atoms with Gasteiger partial charge in [0.15, 0.2) is 0 Å². The molecule has 0 aliphatic carbocycles. The topological polar surface area (TPSA) is 41.5 Å². The summed E-state index contributed by atoms with van der Waals surface area (Å²) in [5, 5.41) is 12.5. The Morgan fingerprint density at radius 1 is 1.29 bits per heavy atom. The molecule has 3 heteroatoms. The van der Waals surface area contributed by atoms with E-state index in [4.69, 9.17) is 9.84 Å². The zero-order chi connectivity index (χ0) is 12.7. The van der Waals surface area contributed by atoms with Crippen LogP contribution in [0.15, 0.2) is 24.3 Å². The minimum Gasteiger partial charge on any atom is -0.497 e. The number of methoxy groups -OCH3 is 1. The van der Waals surface area contributed by atoms with Crippen molar-refractivity contribution < 1.29 is 9.84 Å². The third-order valence-electron chi connectivity index (χ3n) is 2.86. The van der Waals surface area contributed by atoms with Crippen molar-refractivity contribution >= 4 is 0 Å². The third kappa shape index (κ3) is 4.36. The normalized spacial score (nSPS) is 14.4. The summed E-state index contributed by atoms with van der Waals surface area (Å²) in [4.78, 5) is 0. The standard InChI is InChI=1S/C14H23NO2/c1-4-5-14(15-11(2)10-16)12-6-8-13(17-3)9-7-12/h6-9,11,14-16H,4-5,10H2,1-3H3. The number of aliphatic hydroxyl groups excluding tert-OH is 1. The number of hydrogen-bond donors (Lipinski definition) is 2. The van der Waals surface area contributed by atoms with E-state index in [1.54, 1.807) is 7.11 Å². The van der Waals surface area contributed by atoms with Crippen molar-refractivity contribution in [2.45, 2.75) is 38.8 Å². The van der Waals surface area contributed by atoms with E-state index in [-0.39, 0.29) is 12.6 Å². The van der Waals surface area contributed by atoms with Gasteiger partial charge in [-0.2, -0.15) is 0 Å². The van der Waals surface area contributed by atoms with E-state index in [0.29, 0.717) is 6.04 Å². The molecule has 0 fully saturated rings. The first kappa shape index (κ1) is 14.0. The Morgan fingerprint density at radius 3 is 2.41 bits per heavy atom. The average molecular weight is 237 g/mol. The molecule has 0 heterocycles. The fourth-order valence-electron chi connectivity index (χ4n) is 1.87. The van der Waals surface area contributed by atoms with Crippen molar-refractivity contribution in [3.8, 4) is 5.75 Å². The first-order valence-electron chi connectivity index (χ1n) is 6.22.